The molecule has 0 radical (unpaired) electrons. The van der Waals surface area contributed by atoms with E-state index >= 15 is 0 Å². The lowest BCUT2D eigenvalue weighted by Gasteiger charge is -2.14. The minimum Gasteiger partial charge on any atom is -0.479 e. The SMILES string of the molecule is CCOC(C)C(=O)NCC(OC)C(=O)O. The lowest BCUT2D eigenvalue weighted by molar-refractivity contribution is -0.148. The van der Waals surface area contributed by atoms with Crippen LogP contribution in [0.3, 0.4) is 0 Å². The molecule has 2 unspecified atom stereocenters. The molecule has 88 valence electrons. The highest BCUT2D eigenvalue weighted by molar-refractivity contribution is 5.81. The number of carbonyl (C=O) groups excluding carboxylic acids is 1. The Labute approximate surface area is 88.6 Å². The minimum absolute atomic E-state index is 0.0674. The van der Waals surface area contributed by atoms with E-state index in [1.165, 1.54) is 7.11 Å². The largest absolute Gasteiger partial charge is 0.479 e. The van der Waals surface area contributed by atoms with Crippen molar-refractivity contribution in [2.75, 3.05) is 20.3 Å². The van der Waals surface area contributed by atoms with Gasteiger partial charge >= 0.3 is 5.97 Å². The predicted octanol–water partition coefficient (Wildman–Crippen LogP) is -0.373. The van der Waals surface area contributed by atoms with Crippen molar-refractivity contribution in [3.63, 3.8) is 0 Å². The molecule has 0 saturated heterocycles. The van der Waals surface area contributed by atoms with E-state index in [1.54, 1.807) is 13.8 Å². The Kier molecular flexibility index (Phi) is 6.64. The fourth-order valence-electron chi connectivity index (χ4n) is 0.934. The molecule has 0 aromatic heterocycles. The van der Waals surface area contributed by atoms with Crippen molar-refractivity contribution in [3.8, 4) is 0 Å². The van der Waals surface area contributed by atoms with Crippen molar-refractivity contribution in [1.82, 2.24) is 5.32 Å². The van der Waals surface area contributed by atoms with Gasteiger partial charge in [-0.15, -0.1) is 0 Å². The smallest absolute Gasteiger partial charge is 0.334 e. The van der Waals surface area contributed by atoms with E-state index in [0.29, 0.717) is 6.61 Å². The highest BCUT2D eigenvalue weighted by Crippen LogP contribution is 1.92. The van der Waals surface area contributed by atoms with Crippen molar-refractivity contribution in [2.24, 2.45) is 0 Å². The van der Waals surface area contributed by atoms with Gasteiger partial charge in [-0.3, -0.25) is 4.79 Å². The van der Waals surface area contributed by atoms with Crippen LogP contribution in [0.15, 0.2) is 0 Å². The molecule has 6 heteroatoms. The molecule has 0 aliphatic carbocycles. The zero-order chi connectivity index (χ0) is 11.8. The highest BCUT2D eigenvalue weighted by atomic mass is 16.5. The van der Waals surface area contributed by atoms with Crippen LogP contribution < -0.4 is 5.32 Å². The fourth-order valence-corrected chi connectivity index (χ4v) is 0.934. The predicted molar refractivity (Wildman–Crippen MR) is 52.5 cm³/mol. The van der Waals surface area contributed by atoms with E-state index in [4.69, 9.17) is 9.84 Å². The standard InChI is InChI=1S/C9H17NO5/c1-4-15-6(2)8(11)10-5-7(14-3)9(12)13/h6-7H,4-5H2,1-3H3,(H,10,11)(H,12,13). The third-order valence-electron chi connectivity index (χ3n) is 1.81. The molecular formula is C9H17NO5. The first-order valence-electron chi connectivity index (χ1n) is 4.67. The van der Waals surface area contributed by atoms with E-state index in [-0.39, 0.29) is 12.5 Å². The Bertz CT molecular complexity index is 219. The Morgan fingerprint density at radius 2 is 2.07 bits per heavy atom. The number of amides is 1. The van der Waals surface area contributed by atoms with E-state index in [0.717, 1.165) is 0 Å². The molecule has 0 aliphatic rings. The summed E-state index contributed by atoms with van der Waals surface area (Å²) in [6, 6.07) is 0. The number of methoxy groups -OCH3 is 1. The summed E-state index contributed by atoms with van der Waals surface area (Å²) in [5.41, 5.74) is 0. The molecule has 1 amide bonds. The number of hydrogen-bond donors (Lipinski definition) is 2. The fraction of sp³-hybridized carbons (Fsp3) is 0.778. The second-order valence-electron chi connectivity index (χ2n) is 2.91. The lowest BCUT2D eigenvalue weighted by atomic mass is 10.3. The number of aliphatic carboxylic acids is 1. The average Bonchev–Trinajstić information content (AvgIpc) is 2.18. The summed E-state index contributed by atoms with van der Waals surface area (Å²) in [6.45, 7) is 3.74. The quantitative estimate of drug-likeness (QED) is 0.610. The van der Waals surface area contributed by atoms with Crippen molar-refractivity contribution in [1.29, 1.82) is 0 Å². The molecule has 15 heavy (non-hydrogen) atoms. The van der Waals surface area contributed by atoms with Crippen LogP contribution >= 0.6 is 0 Å². The Morgan fingerprint density at radius 3 is 2.47 bits per heavy atom. The number of rotatable bonds is 7. The van der Waals surface area contributed by atoms with Gasteiger partial charge in [0.1, 0.15) is 6.10 Å². The lowest BCUT2D eigenvalue weighted by Crippen LogP contribution is -2.42. The Hall–Kier alpha value is -1.14. The van der Waals surface area contributed by atoms with Crippen LogP contribution in [-0.4, -0.2) is 49.5 Å². The molecule has 0 aromatic carbocycles. The average molecular weight is 219 g/mol. The molecule has 0 fully saturated rings. The first-order chi connectivity index (χ1) is 7.02. The Morgan fingerprint density at radius 1 is 1.47 bits per heavy atom. The third kappa shape index (κ3) is 5.34. The van der Waals surface area contributed by atoms with Crippen molar-refractivity contribution < 1.29 is 24.2 Å². The summed E-state index contributed by atoms with van der Waals surface area (Å²) in [6.07, 6.45) is -1.61. The van der Waals surface area contributed by atoms with Crippen molar-refractivity contribution in [3.05, 3.63) is 0 Å². The van der Waals surface area contributed by atoms with Crippen LogP contribution in [0.1, 0.15) is 13.8 Å². The highest BCUT2D eigenvalue weighted by Gasteiger charge is 2.19. The number of carboxylic acid groups (broad SMARTS) is 1. The van der Waals surface area contributed by atoms with Gasteiger partial charge in [-0.25, -0.2) is 4.79 Å². The van der Waals surface area contributed by atoms with E-state index in [1.807, 2.05) is 0 Å². The molecule has 0 bridgehead atoms. The number of ether oxygens (including phenoxy) is 2. The monoisotopic (exact) mass is 219 g/mol. The second kappa shape index (κ2) is 7.19. The molecule has 0 spiro atoms. The van der Waals surface area contributed by atoms with Crippen LogP contribution in [0.5, 0.6) is 0 Å². The molecule has 0 saturated carbocycles. The van der Waals surface area contributed by atoms with Crippen LogP contribution in [0.2, 0.25) is 0 Å². The maximum Gasteiger partial charge on any atom is 0.334 e. The van der Waals surface area contributed by atoms with Gasteiger partial charge in [0.05, 0.1) is 6.54 Å². The van der Waals surface area contributed by atoms with Gasteiger partial charge in [0.2, 0.25) is 5.91 Å². The van der Waals surface area contributed by atoms with Crippen molar-refractivity contribution >= 4 is 11.9 Å². The van der Waals surface area contributed by atoms with Gasteiger partial charge in [0, 0.05) is 13.7 Å². The molecule has 6 nitrogen and oxygen atoms in total. The summed E-state index contributed by atoms with van der Waals surface area (Å²) in [5.74, 6) is -1.46. The number of hydrogen-bond acceptors (Lipinski definition) is 4. The zero-order valence-corrected chi connectivity index (χ0v) is 9.15. The summed E-state index contributed by atoms with van der Waals surface area (Å²) in [5, 5.41) is 11.1. The van der Waals surface area contributed by atoms with Gasteiger partial charge in [-0.1, -0.05) is 0 Å². The van der Waals surface area contributed by atoms with Crippen LogP contribution in [-0.2, 0) is 19.1 Å². The zero-order valence-electron chi connectivity index (χ0n) is 9.15. The van der Waals surface area contributed by atoms with E-state index in [2.05, 4.69) is 10.1 Å². The number of carboxylic acids is 1. The van der Waals surface area contributed by atoms with Gasteiger partial charge in [0.15, 0.2) is 6.10 Å². The molecule has 2 atom stereocenters. The first kappa shape index (κ1) is 13.9. The molecule has 2 N–H and O–H groups in total. The normalized spacial score (nSPS) is 14.3. The molecular weight excluding hydrogens is 202 g/mol. The first-order valence-corrected chi connectivity index (χ1v) is 4.67. The minimum atomic E-state index is -1.11. The van der Waals surface area contributed by atoms with E-state index in [9.17, 15) is 9.59 Å². The van der Waals surface area contributed by atoms with Crippen molar-refractivity contribution in [2.45, 2.75) is 26.1 Å². The second-order valence-corrected chi connectivity index (χ2v) is 2.91. The van der Waals surface area contributed by atoms with Crippen LogP contribution in [0.25, 0.3) is 0 Å². The number of nitrogens with one attached hydrogen (secondary N) is 1. The molecule has 0 aliphatic heterocycles. The van der Waals surface area contributed by atoms with Crippen LogP contribution in [0, 0.1) is 0 Å². The van der Waals surface area contributed by atoms with Crippen LogP contribution in [0.4, 0.5) is 0 Å². The number of carbonyl (C=O) groups is 2. The summed E-state index contributed by atoms with van der Waals surface area (Å²) >= 11 is 0. The van der Waals surface area contributed by atoms with Gasteiger partial charge < -0.3 is 19.9 Å². The summed E-state index contributed by atoms with van der Waals surface area (Å²) in [7, 11) is 1.27. The van der Waals surface area contributed by atoms with Gasteiger partial charge in [0.25, 0.3) is 0 Å². The molecule has 0 heterocycles. The van der Waals surface area contributed by atoms with Gasteiger partial charge in [-0.05, 0) is 13.8 Å². The maximum atomic E-state index is 11.3. The maximum absolute atomic E-state index is 11.3. The molecule has 0 aromatic rings. The topological polar surface area (TPSA) is 84.9 Å². The third-order valence-corrected chi connectivity index (χ3v) is 1.81. The summed E-state index contributed by atoms with van der Waals surface area (Å²) in [4.78, 5) is 21.8. The Balaban J connectivity index is 3.92. The van der Waals surface area contributed by atoms with Gasteiger partial charge in [-0.2, -0.15) is 0 Å². The summed E-state index contributed by atoms with van der Waals surface area (Å²) < 4.78 is 9.68. The van der Waals surface area contributed by atoms with E-state index < -0.39 is 18.2 Å². The molecule has 0 rings (SSSR count).